The van der Waals surface area contributed by atoms with Crippen molar-refractivity contribution in [3.8, 4) is 0 Å². The molecule has 1 saturated heterocycles. The fraction of sp³-hybridized carbons (Fsp3) is 0.444. The molecule has 70 valence electrons. The van der Waals surface area contributed by atoms with E-state index in [4.69, 9.17) is 5.11 Å². The van der Waals surface area contributed by atoms with Crippen molar-refractivity contribution < 1.29 is 5.11 Å². The van der Waals surface area contributed by atoms with E-state index in [0.717, 1.165) is 10.3 Å². The number of nitrogens with zero attached hydrogens (tertiary/aromatic N) is 2. The Morgan fingerprint density at radius 1 is 1.62 bits per heavy atom. The lowest BCUT2D eigenvalue weighted by Crippen LogP contribution is -2.51. The van der Waals surface area contributed by atoms with Gasteiger partial charge < -0.3 is 10.0 Å². The molecular weight excluding hydrogens is 232 g/mol. The van der Waals surface area contributed by atoms with Gasteiger partial charge in [-0.25, -0.2) is 4.98 Å². The molecule has 0 saturated carbocycles. The van der Waals surface area contributed by atoms with Gasteiger partial charge in [-0.3, -0.25) is 0 Å². The fourth-order valence-corrected chi connectivity index (χ4v) is 1.56. The van der Waals surface area contributed by atoms with Crippen molar-refractivity contribution in [3.05, 3.63) is 22.3 Å². The van der Waals surface area contributed by atoms with E-state index in [2.05, 4.69) is 25.8 Å². The summed E-state index contributed by atoms with van der Waals surface area (Å²) in [6, 6.07) is 2.02. The predicted molar refractivity (Wildman–Crippen MR) is 54.9 cm³/mol. The number of rotatable bonds is 1. The van der Waals surface area contributed by atoms with Crippen LogP contribution < -0.4 is 4.90 Å². The topological polar surface area (TPSA) is 36.4 Å². The summed E-state index contributed by atoms with van der Waals surface area (Å²) in [4.78, 5) is 6.32. The summed E-state index contributed by atoms with van der Waals surface area (Å²) in [5.74, 6) is 0.950. The van der Waals surface area contributed by atoms with Gasteiger partial charge in [-0.15, -0.1) is 0 Å². The molecule has 0 aliphatic carbocycles. The van der Waals surface area contributed by atoms with Crippen LogP contribution in [-0.2, 0) is 0 Å². The zero-order valence-corrected chi connectivity index (χ0v) is 8.95. The number of anilines is 1. The molecule has 0 spiro atoms. The number of hydrogen-bond acceptors (Lipinski definition) is 3. The molecule has 0 amide bonds. The third kappa shape index (κ3) is 1.69. The van der Waals surface area contributed by atoms with Gasteiger partial charge in [0.25, 0.3) is 0 Å². The van der Waals surface area contributed by atoms with Crippen molar-refractivity contribution in [1.29, 1.82) is 0 Å². The van der Waals surface area contributed by atoms with Crippen LogP contribution in [0.3, 0.4) is 0 Å². The molecule has 13 heavy (non-hydrogen) atoms. The summed E-state index contributed by atoms with van der Waals surface area (Å²) < 4.78 is 1.03. The molecule has 1 aromatic rings. The Balaban J connectivity index is 2.18. The van der Waals surface area contributed by atoms with Crippen molar-refractivity contribution in [3.63, 3.8) is 0 Å². The normalized spacial score (nSPS) is 17.3. The van der Waals surface area contributed by atoms with E-state index in [0.29, 0.717) is 13.1 Å². The highest BCUT2D eigenvalue weighted by molar-refractivity contribution is 9.10. The van der Waals surface area contributed by atoms with E-state index in [1.54, 1.807) is 6.20 Å². The number of β-amino-alcohol motifs (C(OH)–C–C–N with tert-alkyl or cyclic N) is 1. The van der Waals surface area contributed by atoms with Crippen molar-refractivity contribution in [2.45, 2.75) is 13.0 Å². The van der Waals surface area contributed by atoms with Crippen LogP contribution >= 0.6 is 15.9 Å². The standard InChI is InChI=1S/C9H11BrN2O/c1-6-2-9(11-3-8(6)10)12-4-7(13)5-12/h2-3,7,13H,4-5H2,1H3. The second-order valence-electron chi connectivity index (χ2n) is 3.35. The lowest BCUT2D eigenvalue weighted by atomic mass is 10.1. The Kier molecular flexibility index (Phi) is 2.26. The van der Waals surface area contributed by atoms with E-state index in [1.807, 2.05) is 13.0 Å². The van der Waals surface area contributed by atoms with Crippen LogP contribution in [-0.4, -0.2) is 29.3 Å². The van der Waals surface area contributed by atoms with Crippen molar-refractivity contribution >= 4 is 21.7 Å². The summed E-state index contributed by atoms with van der Waals surface area (Å²) >= 11 is 3.40. The highest BCUT2D eigenvalue weighted by Crippen LogP contribution is 2.23. The maximum Gasteiger partial charge on any atom is 0.128 e. The molecule has 0 unspecified atom stereocenters. The minimum atomic E-state index is -0.175. The quantitative estimate of drug-likeness (QED) is 0.808. The van der Waals surface area contributed by atoms with Crippen LogP contribution in [0.2, 0.25) is 0 Å². The highest BCUT2D eigenvalue weighted by Gasteiger charge is 2.25. The second-order valence-corrected chi connectivity index (χ2v) is 4.20. The number of aryl methyl sites for hydroxylation is 1. The molecule has 2 rings (SSSR count). The summed E-state index contributed by atoms with van der Waals surface area (Å²) in [7, 11) is 0. The van der Waals surface area contributed by atoms with Gasteiger partial charge in [-0.2, -0.15) is 0 Å². The van der Waals surface area contributed by atoms with Gasteiger partial charge in [0.1, 0.15) is 5.82 Å². The van der Waals surface area contributed by atoms with Gasteiger partial charge in [0.05, 0.1) is 6.10 Å². The predicted octanol–water partition coefficient (Wildman–Crippen LogP) is 1.33. The van der Waals surface area contributed by atoms with Gasteiger partial charge in [-0.1, -0.05) is 0 Å². The van der Waals surface area contributed by atoms with Crippen LogP contribution in [0.1, 0.15) is 5.56 Å². The number of aromatic nitrogens is 1. The molecule has 0 atom stereocenters. The van der Waals surface area contributed by atoms with Gasteiger partial charge in [0.2, 0.25) is 0 Å². The van der Waals surface area contributed by atoms with E-state index in [9.17, 15) is 0 Å². The van der Waals surface area contributed by atoms with Crippen LogP contribution in [0.15, 0.2) is 16.7 Å². The molecule has 4 heteroatoms. The zero-order valence-electron chi connectivity index (χ0n) is 7.37. The molecule has 3 nitrogen and oxygen atoms in total. The first-order chi connectivity index (χ1) is 6.16. The van der Waals surface area contributed by atoms with Crippen molar-refractivity contribution in [1.82, 2.24) is 4.98 Å². The van der Waals surface area contributed by atoms with Gasteiger partial charge in [0.15, 0.2) is 0 Å². The fourth-order valence-electron chi connectivity index (χ4n) is 1.34. The lowest BCUT2D eigenvalue weighted by Gasteiger charge is -2.36. The molecular formula is C9H11BrN2O. The number of halogens is 1. The van der Waals surface area contributed by atoms with Gasteiger partial charge in [-0.05, 0) is 34.5 Å². The first kappa shape index (κ1) is 8.97. The molecule has 0 aromatic carbocycles. The van der Waals surface area contributed by atoms with E-state index in [-0.39, 0.29) is 6.10 Å². The van der Waals surface area contributed by atoms with Crippen LogP contribution in [0.25, 0.3) is 0 Å². The Hall–Kier alpha value is -0.610. The van der Waals surface area contributed by atoms with Crippen LogP contribution in [0.4, 0.5) is 5.82 Å². The second kappa shape index (κ2) is 3.27. The zero-order chi connectivity index (χ0) is 9.42. The number of aliphatic hydroxyl groups excluding tert-OH is 1. The first-order valence-corrected chi connectivity index (χ1v) is 5.01. The Morgan fingerprint density at radius 3 is 2.85 bits per heavy atom. The monoisotopic (exact) mass is 242 g/mol. The Labute approximate surface area is 85.5 Å². The molecule has 2 heterocycles. The summed E-state index contributed by atoms with van der Waals surface area (Å²) in [6.45, 7) is 3.44. The molecule has 1 aromatic heterocycles. The average Bonchev–Trinajstić information content (AvgIpc) is 2.05. The molecule has 0 radical (unpaired) electrons. The maximum atomic E-state index is 9.12. The number of pyridine rings is 1. The molecule has 0 bridgehead atoms. The summed E-state index contributed by atoms with van der Waals surface area (Å²) in [6.07, 6.45) is 1.63. The summed E-state index contributed by atoms with van der Waals surface area (Å²) in [5, 5.41) is 9.12. The molecule has 1 aliphatic rings. The number of hydrogen-bond donors (Lipinski definition) is 1. The van der Waals surface area contributed by atoms with Gasteiger partial charge >= 0.3 is 0 Å². The van der Waals surface area contributed by atoms with Crippen LogP contribution in [0.5, 0.6) is 0 Å². The number of aliphatic hydroxyl groups is 1. The van der Waals surface area contributed by atoms with E-state index >= 15 is 0 Å². The van der Waals surface area contributed by atoms with Crippen molar-refractivity contribution in [2.75, 3.05) is 18.0 Å². The first-order valence-electron chi connectivity index (χ1n) is 4.22. The third-order valence-corrected chi connectivity index (χ3v) is 3.05. The largest absolute Gasteiger partial charge is 0.389 e. The highest BCUT2D eigenvalue weighted by atomic mass is 79.9. The van der Waals surface area contributed by atoms with E-state index < -0.39 is 0 Å². The van der Waals surface area contributed by atoms with Gasteiger partial charge in [0, 0.05) is 23.8 Å². The average molecular weight is 243 g/mol. The lowest BCUT2D eigenvalue weighted by molar-refractivity contribution is 0.141. The minimum absolute atomic E-state index is 0.175. The van der Waals surface area contributed by atoms with Crippen LogP contribution in [0, 0.1) is 6.92 Å². The van der Waals surface area contributed by atoms with E-state index in [1.165, 1.54) is 5.56 Å². The molecule has 1 aliphatic heterocycles. The molecule has 1 fully saturated rings. The van der Waals surface area contributed by atoms with Crippen molar-refractivity contribution in [2.24, 2.45) is 0 Å². The minimum Gasteiger partial charge on any atom is -0.389 e. The molecule has 1 N–H and O–H groups in total. The SMILES string of the molecule is Cc1cc(N2CC(O)C2)ncc1Br. The maximum absolute atomic E-state index is 9.12. The smallest absolute Gasteiger partial charge is 0.128 e. The Bertz CT molecular complexity index is 323. The summed E-state index contributed by atoms with van der Waals surface area (Å²) in [5.41, 5.74) is 1.17. The third-order valence-electron chi connectivity index (χ3n) is 2.22. The Morgan fingerprint density at radius 2 is 2.31 bits per heavy atom.